The van der Waals surface area contributed by atoms with Gasteiger partial charge in [-0.15, -0.1) is 0 Å². The van der Waals surface area contributed by atoms with Crippen LogP contribution in [0, 0.1) is 7.43 Å². The maximum absolute atomic E-state index is 3.50. The van der Waals surface area contributed by atoms with Crippen LogP contribution in [0.4, 0.5) is 0 Å². The van der Waals surface area contributed by atoms with Crippen molar-refractivity contribution in [2.75, 3.05) is 14.1 Å². The third-order valence-corrected chi connectivity index (χ3v) is 0. The minimum absolute atomic E-state index is 0. The van der Waals surface area contributed by atoms with Gasteiger partial charge in [0, 0.05) is 0 Å². The monoisotopic (exact) mass is 229 g/mol. The first kappa shape index (κ1) is 39.5. The molecule has 0 radical (unpaired) electrons. The molecule has 7 heavy (non-hydrogen) atoms. The predicted molar refractivity (Wildman–Crippen MR) is 43.8 cm³/mol. The molecule has 0 aromatic rings. The minimum atomic E-state index is 0. The van der Waals surface area contributed by atoms with Crippen molar-refractivity contribution >= 4 is 19.8 Å². The second-order valence-electron chi connectivity index (χ2n) is 0.447. The van der Waals surface area contributed by atoms with E-state index >= 15 is 0 Å². The Kier molecular flexibility index (Phi) is 292. The van der Waals surface area contributed by atoms with E-state index in [-0.39, 0.29) is 46.7 Å². The van der Waals surface area contributed by atoms with Crippen molar-refractivity contribution in [1.82, 2.24) is 0 Å². The average molecular weight is 228 g/mol. The molecule has 0 aliphatic carbocycles. The van der Waals surface area contributed by atoms with Crippen molar-refractivity contribution in [3.8, 4) is 0 Å². The van der Waals surface area contributed by atoms with Crippen molar-refractivity contribution in [2.45, 2.75) is 0 Å². The normalized spacial score (nSPS) is 2.57. The number of hydrogen-bond donors (Lipinski definition) is 0. The Morgan fingerprint density at radius 2 is 1.00 bits per heavy atom. The van der Waals surface area contributed by atoms with E-state index in [1.165, 1.54) is 0 Å². The molecule has 0 spiro atoms. The summed E-state index contributed by atoms with van der Waals surface area (Å²) in [5, 5.41) is 3.50. The van der Waals surface area contributed by atoms with Crippen LogP contribution in [0.3, 0.4) is 0 Å². The molecule has 0 saturated heterocycles. The Bertz CT molecular complexity index is 12.9. The van der Waals surface area contributed by atoms with Gasteiger partial charge in [-0.25, -0.2) is 0 Å². The first-order chi connectivity index (χ1) is 1.41. The van der Waals surface area contributed by atoms with Crippen molar-refractivity contribution < 1.29 is 19.5 Å². The van der Waals surface area contributed by atoms with Gasteiger partial charge in [0.1, 0.15) is 0 Å². The van der Waals surface area contributed by atoms with E-state index in [1.54, 1.807) is 14.1 Å². The van der Waals surface area contributed by atoms with Gasteiger partial charge in [0.25, 0.3) is 0 Å². The molecular formula is C3H15NP2Ru. The largest absolute Gasteiger partial charge is 2.00 e. The van der Waals surface area contributed by atoms with Crippen LogP contribution in [-0.4, -0.2) is 14.1 Å². The van der Waals surface area contributed by atoms with Crippen molar-refractivity contribution in [3.05, 3.63) is 12.7 Å². The zero-order valence-electron chi connectivity index (χ0n) is 5.21. The third-order valence-electron chi connectivity index (χ3n) is 0. The number of nitrogens with zero attached hydrogens (tertiary/aromatic N) is 1. The molecule has 50 valence electrons. The van der Waals surface area contributed by atoms with Gasteiger partial charge in [0.2, 0.25) is 0 Å². The topological polar surface area (TPSA) is 14.1 Å². The number of hydrogen-bond acceptors (Lipinski definition) is 0. The fraction of sp³-hybridized carbons (Fsp3) is 0.667. The average Bonchev–Trinajstić information content (AvgIpc) is 0.918. The Balaban J connectivity index is -0.00000000333. The summed E-state index contributed by atoms with van der Waals surface area (Å²) >= 11 is 0. The smallest absolute Gasteiger partial charge is 0.668 e. The SMILES string of the molecule is C[N-]C.P.P.[CH3-].[Ru+2]. The van der Waals surface area contributed by atoms with Crippen LogP contribution >= 0.6 is 19.8 Å². The van der Waals surface area contributed by atoms with Crippen LogP contribution < -0.4 is 0 Å². The maximum Gasteiger partial charge on any atom is 2.00 e. The predicted octanol–water partition coefficient (Wildman–Crippen LogP) is 1.18. The Morgan fingerprint density at radius 3 is 1.00 bits per heavy atom. The molecule has 0 fully saturated rings. The maximum atomic E-state index is 3.50. The van der Waals surface area contributed by atoms with Crippen LogP contribution in [-0.2, 0) is 19.5 Å². The van der Waals surface area contributed by atoms with E-state index < -0.39 is 0 Å². The fourth-order valence-corrected chi connectivity index (χ4v) is 0. The molecular weight excluding hydrogens is 213 g/mol. The molecule has 4 heteroatoms. The molecule has 2 atom stereocenters. The molecule has 0 saturated carbocycles. The van der Waals surface area contributed by atoms with E-state index in [1.807, 2.05) is 0 Å². The van der Waals surface area contributed by atoms with Crippen LogP contribution in [0.25, 0.3) is 5.32 Å². The Morgan fingerprint density at radius 1 is 1.00 bits per heavy atom. The van der Waals surface area contributed by atoms with Crippen molar-refractivity contribution in [1.29, 1.82) is 0 Å². The van der Waals surface area contributed by atoms with Gasteiger partial charge in [-0.05, 0) is 0 Å². The molecule has 0 aliphatic rings. The minimum Gasteiger partial charge on any atom is -0.668 e. The summed E-state index contributed by atoms with van der Waals surface area (Å²) < 4.78 is 0. The standard InChI is InChI=1S/C2H6N.CH3.2H3P.Ru/c1-3-2;;;;/h1-2H3;3*1H3;/q2*-1;;;+2. The third kappa shape index (κ3) is 106. The second-order valence-corrected chi connectivity index (χ2v) is 0.447. The summed E-state index contributed by atoms with van der Waals surface area (Å²) in [7, 11) is 3.50. The molecule has 1 nitrogen and oxygen atoms in total. The van der Waals surface area contributed by atoms with Gasteiger partial charge in [-0.3, -0.25) is 0 Å². The molecule has 2 unspecified atom stereocenters. The molecule has 0 heterocycles. The summed E-state index contributed by atoms with van der Waals surface area (Å²) in [5.41, 5.74) is 0. The van der Waals surface area contributed by atoms with Gasteiger partial charge in [0.05, 0.1) is 0 Å². The van der Waals surface area contributed by atoms with E-state index in [0.717, 1.165) is 0 Å². The zero-order chi connectivity index (χ0) is 2.71. The quantitative estimate of drug-likeness (QED) is 0.336. The Labute approximate surface area is 66.4 Å². The summed E-state index contributed by atoms with van der Waals surface area (Å²) in [6.45, 7) is 0. The first-order valence-corrected chi connectivity index (χ1v) is 0.894. The first-order valence-electron chi connectivity index (χ1n) is 0.894. The molecule has 0 aliphatic heterocycles. The summed E-state index contributed by atoms with van der Waals surface area (Å²) in [4.78, 5) is 0. The summed E-state index contributed by atoms with van der Waals surface area (Å²) in [6.07, 6.45) is 0. The van der Waals surface area contributed by atoms with Crippen molar-refractivity contribution in [3.63, 3.8) is 0 Å². The van der Waals surface area contributed by atoms with E-state index in [0.29, 0.717) is 0 Å². The van der Waals surface area contributed by atoms with Gasteiger partial charge in [-0.2, -0.15) is 33.9 Å². The van der Waals surface area contributed by atoms with Gasteiger partial charge < -0.3 is 12.7 Å². The molecule has 0 bridgehead atoms. The van der Waals surface area contributed by atoms with Gasteiger partial charge in [0.15, 0.2) is 0 Å². The molecule has 0 aromatic heterocycles. The molecule has 0 N–H and O–H groups in total. The van der Waals surface area contributed by atoms with Crippen LogP contribution in [0.15, 0.2) is 0 Å². The molecule has 0 aromatic carbocycles. The van der Waals surface area contributed by atoms with Crippen LogP contribution in [0.5, 0.6) is 0 Å². The summed E-state index contributed by atoms with van der Waals surface area (Å²) in [5.74, 6) is 0. The Hall–Kier alpha value is 1.44. The van der Waals surface area contributed by atoms with E-state index in [9.17, 15) is 0 Å². The van der Waals surface area contributed by atoms with E-state index in [2.05, 4.69) is 5.32 Å². The summed E-state index contributed by atoms with van der Waals surface area (Å²) in [6, 6.07) is 0. The van der Waals surface area contributed by atoms with Gasteiger partial charge >= 0.3 is 19.5 Å². The van der Waals surface area contributed by atoms with Crippen LogP contribution in [0.1, 0.15) is 0 Å². The second kappa shape index (κ2) is 51.8. The van der Waals surface area contributed by atoms with Gasteiger partial charge in [-0.1, -0.05) is 0 Å². The fourth-order valence-electron chi connectivity index (χ4n) is 0. The van der Waals surface area contributed by atoms with Crippen LogP contribution in [0.2, 0.25) is 0 Å². The molecule has 0 rings (SSSR count). The zero-order valence-corrected chi connectivity index (χ0v) is 9.78. The van der Waals surface area contributed by atoms with Crippen molar-refractivity contribution in [2.24, 2.45) is 0 Å². The number of rotatable bonds is 0. The van der Waals surface area contributed by atoms with E-state index in [4.69, 9.17) is 0 Å². The molecule has 0 amide bonds.